The van der Waals surface area contributed by atoms with Gasteiger partial charge in [0.05, 0.1) is 0 Å². The van der Waals surface area contributed by atoms with Crippen LogP contribution in [-0.2, 0) is 0 Å². The van der Waals surface area contributed by atoms with Gasteiger partial charge in [0.25, 0.3) is 0 Å². The van der Waals surface area contributed by atoms with Gasteiger partial charge in [-0.15, -0.1) is 24.0 Å². The zero-order chi connectivity index (χ0) is 15.9. The molecule has 2 rings (SSSR count). The summed E-state index contributed by atoms with van der Waals surface area (Å²) in [6.07, 6.45) is 2.58. The molecule has 130 valence electrons. The van der Waals surface area contributed by atoms with Crippen molar-refractivity contribution in [3.05, 3.63) is 24.1 Å². The number of nitrogens with one attached hydrogen (secondary N) is 2. The van der Waals surface area contributed by atoms with Gasteiger partial charge < -0.3 is 15.5 Å². The fourth-order valence-electron chi connectivity index (χ4n) is 2.47. The number of anilines is 1. The molecule has 2 heterocycles. The summed E-state index contributed by atoms with van der Waals surface area (Å²) < 4.78 is 13.8. The molecule has 1 saturated heterocycles. The molecule has 0 aliphatic carbocycles. The molecule has 1 atom stereocenters. The van der Waals surface area contributed by atoms with Gasteiger partial charge in [-0.2, -0.15) is 0 Å². The molecule has 1 fully saturated rings. The van der Waals surface area contributed by atoms with E-state index in [4.69, 9.17) is 0 Å². The molecule has 0 saturated carbocycles. The molecule has 0 amide bonds. The summed E-state index contributed by atoms with van der Waals surface area (Å²) in [5, 5.41) is 6.70. The second kappa shape index (κ2) is 9.89. The van der Waals surface area contributed by atoms with Crippen LogP contribution in [0.15, 0.2) is 23.3 Å². The molecule has 23 heavy (non-hydrogen) atoms. The molecule has 1 aromatic heterocycles. The molecule has 1 unspecified atom stereocenters. The average Bonchev–Trinajstić information content (AvgIpc) is 2.94. The van der Waals surface area contributed by atoms with Gasteiger partial charge in [-0.05, 0) is 31.4 Å². The first-order valence-electron chi connectivity index (χ1n) is 8.00. The van der Waals surface area contributed by atoms with Crippen LogP contribution in [0, 0.1) is 11.7 Å². The third-order valence-corrected chi connectivity index (χ3v) is 3.53. The van der Waals surface area contributed by atoms with Crippen molar-refractivity contribution < 1.29 is 4.39 Å². The third-order valence-electron chi connectivity index (χ3n) is 3.53. The maximum absolute atomic E-state index is 13.8. The number of guanidine groups is 1. The molecule has 2 N–H and O–H groups in total. The molecule has 1 aliphatic rings. The maximum atomic E-state index is 13.8. The molecule has 0 spiro atoms. The van der Waals surface area contributed by atoms with Crippen molar-refractivity contribution in [3.63, 3.8) is 0 Å². The first kappa shape index (κ1) is 19.9. The van der Waals surface area contributed by atoms with Crippen LogP contribution in [-0.4, -0.2) is 43.2 Å². The van der Waals surface area contributed by atoms with Crippen molar-refractivity contribution in [2.75, 3.05) is 31.1 Å². The molecule has 1 aliphatic heterocycles. The molecule has 1 aromatic rings. The largest absolute Gasteiger partial charge is 0.357 e. The quantitative estimate of drug-likeness (QED) is 0.424. The van der Waals surface area contributed by atoms with Crippen LogP contribution in [0.3, 0.4) is 0 Å². The van der Waals surface area contributed by atoms with Gasteiger partial charge in [0.2, 0.25) is 0 Å². The summed E-state index contributed by atoms with van der Waals surface area (Å²) in [4.78, 5) is 10.7. The molecule has 7 heteroatoms. The van der Waals surface area contributed by atoms with Gasteiger partial charge in [-0.1, -0.05) is 13.8 Å². The minimum Gasteiger partial charge on any atom is -0.357 e. The van der Waals surface area contributed by atoms with E-state index in [2.05, 4.69) is 41.4 Å². The number of hydrogen-bond donors (Lipinski definition) is 2. The summed E-state index contributed by atoms with van der Waals surface area (Å²) in [6, 6.07) is 3.33. The van der Waals surface area contributed by atoms with E-state index in [0.717, 1.165) is 38.6 Å². The molecular weight excluding hydrogens is 408 g/mol. The van der Waals surface area contributed by atoms with E-state index in [-0.39, 0.29) is 35.8 Å². The Morgan fingerprint density at radius 3 is 2.96 bits per heavy atom. The molecule has 0 radical (unpaired) electrons. The highest BCUT2D eigenvalue weighted by Crippen LogP contribution is 2.20. The number of nitrogens with zero attached hydrogens (tertiary/aromatic N) is 3. The number of aromatic nitrogens is 1. The van der Waals surface area contributed by atoms with Crippen molar-refractivity contribution >= 4 is 35.8 Å². The van der Waals surface area contributed by atoms with E-state index < -0.39 is 0 Å². The van der Waals surface area contributed by atoms with Crippen LogP contribution >= 0.6 is 24.0 Å². The standard InChI is InChI=1S/C16H26FN5.HI/c1-4-18-16(20-10-12(2)3)21-13-7-9-22(11-13)15-14(17)6-5-8-19-15;/h5-6,8,12-13H,4,7,9-11H2,1-3H3,(H2,18,20,21);1H. The third kappa shape index (κ3) is 6.12. The van der Waals surface area contributed by atoms with Crippen molar-refractivity contribution in [2.45, 2.75) is 33.2 Å². The lowest BCUT2D eigenvalue weighted by molar-refractivity contribution is 0.611. The SMILES string of the molecule is CCNC(=NCC(C)C)NC1CCN(c2ncccc2F)C1.I. The van der Waals surface area contributed by atoms with Gasteiger partial charge in [0.15, 0.2) is 17.6 Å². The molecule has 0 bridgehead atoms. The highest BCUT2D eigenvalue weighted by atomic mass is 127. The Bertz CT molecular complexity index is 509. The summed E-state index contributed by atoms with van der Waals surface area (Å²) >= 11 is 0. The van der Waals surface area contributed by atoms with Gasteiger partial charge in [-0.25, -0.2) is 9.37 Å². The van der Waals surface area contributed by atoms with Crippen LogP contribution in [0.4, 0.5) is 10.2 Å². The lowest BCUT2D eigenvalue weighted by Gasteiger charge is -2.20. The van der Waals surface area contributed by atoms with Crippen LogP contribution in [0.5, 0.6) is 0 Å². The lowest BCUT2D eigenvalue weighted by atomic mass is 10.2. The van der Waals surface area contributed by atoms with Gasteiger partial charge in [0.1, 0.15) is 0 Å². The normalized spacial score (nSPS) is 18.0. The molecule has 5 nitrogen and oxygen atoms in total. The smallest absolute Gasteiger partial charge is 0.191 e. The van der Waals surface area contributed by atoms with Crippen molar-refractivity contribution in [2.24, 2.45) is 10.9 Å². The highest BCUT2D eigenvalue weighted by molar-refractivity contribution is 14.0. The van der Waals surface area contributed by atoms with Crippen LogP contribution in [0.25, 0.3) is 0 Å². The van der Waals surface area contributed by atoms with E-state index in [1.54, 1.807) is 12.3 Å². The van der Waals surface area contributed by atoms with Crippen LogP contribution < -0.4 is 15.5 Å². The van der Waals surface area contributed by atoms with Crippen molar-refractivity contribution in [1.29, 1.82) is 0 Å². The Morgan fingerprint density at radius 2 is 2.30 bits per heavy atom. The first-order chi connectivity index (χ1) is 10.6. The fourth-order valence-corrected chi connectivity index (χ4v) is 2.47. The Hall–Kier alpha value is -1.12. The molecular formula is C16H27FIN5. The second-order valence-electron chi connectivity index (χ2n) is 6.00. The van der Waals surface area contributed by atoms with E-state index in [1.165, 1.54) is 6.07 Å². The number of rotatable bonds is 5. The van der Waals surface area contributed by atoms with Gasteiger partial charge in [0, 0.05) is 38.4 Å². The Balaban J connectivity index is 0.00000264. The summed E-state index contributed by atoms with van der Waals surface area (Å²) in [6.45, 7) is 9.50. The summed E-state index contributed by atoms with van der Waals surface area (Å²) in [7, 11) is 0. The van der Waals surface area contributed by atoms with Gasteiger partial charge >= 0.3 is 0 Å². The molecule has 0 aromatic carbocycles. The average molecular weight is 435 g/mol. The van der Waals surface area contributed by atoms with E-state index in [1.807, 2.05) is 4.90 Å². The first-order valence-corrected chi connectivity index (χ1v) is 8.00. The highest BCUT2D eigenvalue weighted by Gasteiger charge is 2.25. The number of aliphatic imine (C=N–C) groups is 1. The summed E-state index contributed by atoms with van der Waals surface area (Å²) in [5.74, 6) is 1.54. The van der Waals surface area contributed by atoms with Crippen molar-refractivity contribution in [1.82, 2.24) is 15.6 Å². The topological polar surface area (TPSA) is 52.6 Å². The van der Waals surface area contributed by atoms with Crippen LogP contribution in [0.2, 0.25) is 0 Å². The second-order valence-corrected chi connectivity index (χ2v) is 6.00. The summed E-state index contributed by atoms with van der Waals surface area (Å²) in [5.41, 5.74) is 0. The number of hydrogen-bond acceptors (Lipinski definition) is 3. The Morgan fingerprint density at radius 1 is 1.52 bits per heavy atom. The number of pyridine rings is 1. The fraction of sp³-hybridized carbons (Fsp3) is 0.625. The zero-order valence-corrected chi connectivity index (χ0v) is 16.4. The van der Waals surface area contributed by atoms with E-state index in [9.17, 15) is 4.39 Å². The Labute approximate surface area is 155 Å². The monoisotopic (exact) mass is 435 g/mol. The maximum Gasteiger partial charge on any atom is 0.191 e. The number of halogens is 2. The van der Waals surface area contributed by atoms with Gasteiger partial charge in [-0.3, -0.25) is 4.99 Å². The Kier molecular flexibility index (Phi) is 8.57. The van der Waals surface area contributed by atoms with E-state index >= 15 is 0 Å². The minimum atomic E-state index is -0.261. The minimum absolute atomic E-state index is 0. The predicted octanol–water partition coefficient (Wildman–Crippen LogP) is 2.63. The lowest BCUT2D eigenvalue weighted by Crippen LogP contribution is -2.44. The van der Waals surface area contributed by atoms with Crippen molar-refractivity contribution in [3.8, 4) is 0 Å². The zero-order valence-electron chi connectivity index (χ0n) is 14.1. The van der Waals surface area contributed by atoms with E-state index in [0.29, 0.717) is 11.7 Å². The van der Waals surface area contributed by atoms with Crippen LogP contribution in [0.1, 0.15) is 27.2 Å². The predicted molar refractivity (Wildman–Crippen MR) is 104 cm³/mol.